The summed E-state index contributed by atoms with van der Waals surface area (Å²) in [6.07, 6.45) is 1.48. The van der Waals surface area contributed by atoms with E-state index in [1.807, 2.05) is 73.7 Å². The highest BCUT2D eigenvalue weighted by atomic mass is 16.6. The molecule has 3 rings (SSSR count). The Morgan fingerprint density at radius 2 is 1.47 bits per heavy atom. The molecule has 5 nitrogen and oxygen atoms in total. The molecule has 0 fully saturated rings. The summed E-state index contributed by atoms with van der Waals surface area (Å²) in [5.41, 5.74) is 0. The monoisotopic (exact) mass is 406 g/mol. The molecule has 5 heteroatoms. The van der Waals surface area contributed by atoms with Crippen LogP contribution in [0, 0.1) is 0 Å². The van der Waals surface area contributed by atoms with Gasteiger partial charge in [0.15, 0.2) is 0 Å². The van der Waals surface area contributed by atoms with E-state index < -0.39 is 5.97 Å². The SMILES string of the molecule is C=CC(=O)OC(CC)COc1ccc(OCCOc2ccccc2)c2ccccc12. The highest BCUT2D eigenvalue weighted by Crippen LogP contribution is 2.33. The molecule has 0 spiro atoms. The van der Waals surface area contributed by atoms with Crippen molar-refractivity contribution in [2.75, 3.05) is 19.8 Å². The van der Waals surface area contributed by atoms with Crippen LogP contribution in [0.2, 0.25) is 0 Å². The van der Waals surface area contributed by atoms with Crippen LogP contribution in [-0.2, 0) is 9.53 Å². The molecule has 30 heavy (non-hydrogen) atoms. The van der Waals surface area contributed by atoms with E-state index in [2.05, 4.69) is 6.58 Å². The molecule has 0 bridgehead atoms. The minimum atomic E-state index is -0.447. The normalized spacial score (nSPS) is 11.5. The summed E-state index contributed by atoms with van der Waals surface area (Å²) in [6, 6.07) is 21.3. The molecule has 3 aromatic carbocycles. The molecule has 0 N–H and O–H groups in total. The van der Waals surface area contributed by atoms with Crippen molar-refractivity contribution in [3.8, 4) is 17.2 Å². The third-order valence-corrected chi connectivity index (χ3v) is 4.53. The number of benzene rings is 3. The van der Waals surface area contributed by atoms with Crippen LogP contribution in [0.15, 0.2) is 79.4 Å². The first-order valence-corrected chi connectivity index (χ1v) is 9.99. The fraction of sp³-hybridized carbons (Fsp3) is 0.240. The van der Waals surface area contributed by atoms with Crippen LogP contribution in [0.5, 0.6) is 17.2 Å². The van der Waals surface area contributed by atoms with E-state index in [4.69, 9.17) is 18.9 Å². The van der Waals surface area contributed by atoms with Crippen molar-refractivity contribution < 1.29 is 23.7 Å². The van der Waals surface area contributed by atoms with Gasteiger partial charge in [-0.1, -0.05) is 56.0 Å². The maximum Gasteiger partial charge on any atom is 0.330 e. The molecule has 0 saturated carbocycles. The van der Waals surface area contributed by atoms with Gasteiger partial charge in [0.1, 0.15) is 43.2 Å². The summed E-state index contributed by atoms with van der Waals surface area (Å²) in [5.74, 6) is 1.85. The second-order valence-corrected chi connectivity index (χ2v) is 6.60. The zero-order chi connectivity index (χ0) is 21.2. The number of ether oxygens (including phenoxy) is 4. The maximum absolute atomic E-state index is 11.4. The minimum absolute atomic E-state index is 0.269. The fourth-order valence-corrected chi connectivity index (χ4v) is 2.95. The number of esters is 1. The summed E-state index contributed by atoms with van der Waals surface area (Å²) >= 11 is 0. The summed E-state index contributed by atoms with van der Waals surface area (Å²) in [4.78, 5) is 11.4. The van der Waals surface area contributed by atoms with Crippen molar-refractivity contribution in [2.45, 2.75) is 19.4 Å². The van der Waals surface area contributed by atoms with E-state index in [9.17, 15) is 4.79 Å². The van der Waals surface area contributed by atoms with Crippen LogP contribution in [0.4, 0.5) is 0 Å². The molecule has 0 saturated heterocycles. The summed E-state index contributed by atoms with van der Waals surface area (Å²) in [7, 11) is 0. The zero-order valence-electron chi connectivity index (χ0n) is 17.1. The predicted octanol–water partition coefficient (Wildman–Crippen LogP) is 5.18. The van der Waals surface area contributed by atoms with Gasteiger partial charge in [-0.2, -0.15) is 0 Å². The van der Waals surface area contributed by atoms with Crippen molar-refractivity contribution in [3.63, 3.8) is 0 Å². The molecule has 3 aromatic rings. The van der Waals surface area contributed by atoms with E-state index in [0.717, 1.165) is 28.3 Å². The van der Waals surface area contributed by atoms with Gasteiger partial charge < -0.3 is 18.9 Å². The topological polar surface area (TPSA) is 54.0 Å². The van der Waals surface area contributed by atoms with Gasteiger partial charge in [0.25, 0.3) is 0 Å². The summed E-state index contributed by atoms with van der Waals surface area (Å²) in [5, 5.41) is 1.88. The predicted molar refractivity (Wildman–Crippen MR) is 117 cm³/mol. The smallest absolute Gasteiger partial charge is 0.330 e. The standard InChI is InChI=1S/C25H26O5/c1-3-19(30-25(26)4-2)18-29-24-15-14-23(21-12-8-9-13-22(21)24)28-17-16-27-20-10-6-5-7-11-20/h4-15,19H,2-3,16-18H2,1H3. The van der Waals surface area contributed by atoms with Gasteiger partial charge >= 0.3 is 5.97 Å². The van der Waals surface area contributed by atoms with Gasteiger partial charge in [-0.25, -0.2) is 4.79 Å². The third kappa shape index (κ3) is 5.77. The molecule has 0 aliphatic rings. The Bertz CT molecular complexity index is 968. The Labute approximate surface area is 176 Å². The van der Waals surface area contributed by atoms with Gasteiger partial charge in [0.2, 0.25) is 0 Å². The van der Waals surface area contributed by atoms with Crippen molar-refractivity contribution in [1.29, 1.82) is 0 Å². The number of fused-ring (bicyclic) bond motifs is 1. The van der Waals surface area contributed by atoms with Crippen molar-refractivity contribution >= 4 is 16.7 Å². The Balaban J connectivity index is 1.64. The lowest BCUT2D eigenvalue weighted by atomic mass is 10.1. The van der Waals surface area contributed by atoms with E-state index in [0.29, 0.717) is 25.4 Å². The van der Waals surface area contributed by atoms with Gasteiger partial charge in [-0.3, -0.25) is 0 Å². The first-order chi connectivity index (χ1) is 14.7. The fourth-order valence-electron chi connectivity index (χ4n) is 2.95. The average molecular weight is 406 g/mol. The highest BCUT2D eigenvalue weighted by Gasteiger charge is 2.13. The zero-order valence-corrected chi connectivity index (χ0v) is 17.1. The number of carbonyl (C=O) groups is 1. The molecular formula is C25H26O5. The Morgan fingerprint density at radius 1 is 0.867 bits per heavy atom. The molecule has 0 aliphatic carbocycles. The van der Waals surface area contributed by atoms with E-state index in [1.54, 1.807) is 0 Å². The second kappa shape index (κ2) is 10.9. The van der Waals surface area contributed by atoms with Crippen LogP contribution in [-0.4, -0.2) is 31.9 Å². The van der Waals surface area contributed by atoms with Crippen LogP contribution >= 0.6 is 0 Å². The number of para-hydroxylation sites is 1. The largest absolute Gasteiger partial charge is 0.490 e. The molecular weight excluding hydrogens is 380 g/mol. The quantitative estimate of drug-likeness (QED) is 0.249. The second-order valence-electron chi connectivity index (χ2n) is 6.60. The van der Waals surface area contributed by atoms with Crippen LogP contribution in [0.3, 0.4) is 0 Å². The lowest BCUT2D eigenvalue weighted by Gasteiger charge is -2.18. The van der Waals surface area contributed by atoms with Crippen molar-refractivity contribution in [1.82, 2.24) is 0 Å². The maximum atomic E-state index is 11.4. The van der Waals surface area contributed by atoms with Gasteiger partial charge in [-0.15, -0.1) is 0 Å². The van der Waals surface area contributed by atoms with Crippen molar-refractivity contribution in [3.05, 3.63) is 79.4 Å². The molecule has 0 heterocycles. The van der Waals surface area contributed by atoms with E-state index in [-0.39, 0.29) is 12.7 Å². The van der Waals surface area contributed by atoms with E-state index in [1.165, 1.54) is 0 Å². The third-order valence-electron chi connectivity index (χ3n) is 4.53. The molecule has 1 atom stereocenters. The molecule has 1 unspecified atom stereocenters. The minimum Gasteiger partial charge on any atom is -0.490 e. The van der Waals surface area contributed by atoms with Gasteiger partial charge in [-0.05, 0) is 30.7 Å². The Morgan fingerprint density at radius 3 is 2.10 bits per heavy atom. The molecule has 0 aromatic heterocycles. The number of carbonyl (C=O) groups excluding carboxylic acids is 1. The van der Waals surface area contributed by atoms with Gasteiger partial charge in [0, 0.05) is 16.8 Å². The molecule has 0 radical (unpaired) electrons. The number of hydrogen-bond acceptors (Lipinski definition) is 5. The number of hydrogen-bond donors (Lipinski definition) is 0. The Kier molecular flexibility index (Phi) is 7.72. The van der Waals surface area contributed by atoms with Crippen LogP contribution < -0.4 is 14.2 Å². The Hall–Kier alpha value is -3.47. The van der Waals surface area contributed by atoms with Gasteiger partial charge in [0.05, 0.1) is 0 Å². The lowest BCUT2D eigenvalue weighted by molar-refractivity contribution is -0.144. The van der Waals surface area contributed by atoms with E-state index >= 15 is 0 Å². The first kappa shape index (κ1) is 21.2. The molecule has 0 aliphatic heterocycles. The molecule has 156 valence electrons. The van der Waals surface area contributed by atoms with Crippen LogP contribution in [0.1, 0.15) is 13.3 Å². The van der Waals surface area contributed by atoms with Crippen LogP contribution in [0.25, 0.3) is 10.8 Å². The lowest BCUT2D eigenvalue weighted by Crippen LogP contribution is -2.23. The van der Waals surface area contributed by atoms with Crippen molar-refractivity contribution in [2.24, 2.45) is 0 Å². The summed E-state index contributed by atoms with van der Waals surface area (Å²) < 4.78 is 22.9. The molecule has 0 amide bonds. The summed E-state index contributed by atoms with van der Waals surface area (Å²) in [6.45, 7) is 6.51. The average Bonchev–Trinajstić information content (AvgIpc) is 2.80. The number of rotatable bonds is 11. The highest BCUT2D eigenvalue weighted by molar-refractivity contribution is 5.93. The first-order valence-electron chi connectivity index (χ1n) is 9.99.